The highest BCUT2D eigenvalue weighted by Gasteiger charge is 2.19. The number of hydrogen-bond donors (Lipinski definition) is 0. The maximum Gasteiger partial charge on any atom is 0.164 e. The Hall–Kier alpha value is -1.63. The molecule has 1 aliphatic heterocycles. The molecule has 2 aromatic rings. The van der Waals surface area contributed by atoms with E-state index in [1.54, 1.807) is 0 Å². The summed E-state index contributed by atoms with van der Waals surface area (Å²) in [6, 6.07) is 5.44. The van der Waals surface area contributed by atoms with Crippen LogP contribution in [0.1, 0.15) is 22.3 Å². The SMILES string of the molecule is O=C(CCN1CCN(Cc2cc(F)ccc2F)CC1)c1ccsc1. The quantitative estimate of drug-likeness (QED) is 0.746. The van der Waals surface area contributed by atoms with Crippen molar-refractivity contribution >= 4 is 17.1 Å². The van der Waals surface area contributed by atoms with Crippen LogP contribution in [0.25, 0.3) is 0 Å². The van der Waals surface area contributed by atoms with Gasteiger partial charge in [-0.05, 0) is 29.6 Å². The first-order valence-electron chi connectivity index (χ1n) is 8.06. The summed E-state index contributed by atoms with van der Waals surface area (Å²) in [5.74, 6) is -0.585. The number of nitrogens with zero attached hydrogens (tertiary/aromatic N) is 2. The summed E-state index contributed by atoms with van der Waals surface area (Å²) in [6.07, 6.45) is 0.523. The van der Waals surface area contributed by atoms with Gasteiger partial charge in [-0.25, -0.2) is 8.78 Å². The molecule has 1 aromatic carbocycles. The van der Waals surface area contributed by atoms with E-state index in [1.165, 1.54) is 23.5 Å². The number of thiophene rings is 1. The molecule has 0 saturated carbocycles. The molecular weight excluding hydrogens is 330 g/mol. The van der Waals surface area contributed by atoms with Crippen molar-refractivity contribution in [2.45, 2.75) is 13.0 Å². The number of benzene rings is 1. The number of ketones is 1. The molecule has 0 N–H and O–H groups in total. The third-order valence-electron chi connectivity index (χ3n) is 4.36. The van der Waals surface area contributed by atoms with Crippen molar-refractivity contribution in [1.29, 1.82) is 0 Å². The highest BCUT2D eigenvalue weighted by Crippen LogP contribution is 2.15. The van der Waals surface area contributed by atoms with Gasteiger partial charge in [-0.1, -0.05) is 0 Å². The van der Waals surface area contributed by atoms with Gasteiger partial charge in [0, 0.05) is 62.2 Å². The van der Waals surface area contributed by atoms with Crippen LogP contribution in [0, 0.1) is 11.6 Å². The summed E-state index contributed by atoms with van der Waals surface area (Å²) in [5.41, 5.74) is 1.19. The number of rotatable bonds is 6. The molecule has 0 amide bonds. The minimum Gasteiger partial charge on any atom is -0.300 e. The van der Waals surface area contributed by atoms with E-state index in [2.05, 4.69) is 9.80 Å². The van der Waals surface area contributed by atoms with Crippen molar-refractivity contribution < 1.29 is 13.6 Å². The Kier molecular flexibility index (Phi) is 5.71. The fourth-order valence-electron chi connectivity index (χ4n) is 2.90. The van der Waals surface area contributed by atoms with Gasteiger partial charge in [0.05, 0.1) is 0 Å². The van der Waals surface area contributed by atoms with Crippen molar-refractivity contribution in [3.63, 3.8) is 0 Å². The Morgan fingerprint density at radius 2 is 1.83 bits per heavy atom. The summed E-state index contributed by atoms with van der Waals surface area (Å²) in [7, 11) is 0. The molecular formula is C18H20F2N2OS. The third kappa shape index (κ3) is 4.47. The van der Waals surface area contributed by atoms with E-state index in [4.69, 9.17) is 0 Å². The standard InChI is InChI=1S/C18H20F2N2OS/c19-16-1-2-17(20)15(11-16)12-22-8-6-21(7-9-22)5-3-18(23)14-4-10-24-13-14/h1-2,4,10-11,13H,3,5-9,12H2. The van der Waals surface area contributed by atoms with E-state index >= 15 is 0 Å². The van der Waals surface area contributed by atoms with Gasteiger partial charge in [0.25, 0.3) is 0 Å². The van der Waals surface area contributed by atoms with Gasteiger partial charge in [0.2, 0.25) is 0 Å². The average Bonchev–Trinajstić information content (AvgIpc) is 3.12. The van der Waals surface area contributed by atoms with Gasteiger partial charge in [-0.15, -0.1) is 0 Å². The lowest BCUT2D eigenvalue weighted by atomic mass is 10.1. The number of hydrogen-bond acceptors (Lipinski definition) is 4. The zero-order valence-electron chi connectivity index (χ0n) is 13.4. The molecule has 3 nitrogen and oxygen atoms in total. The second-order valence-corrected chi connectivity index (χ2v) is 6.82. The second kappa shape index (κ2) is 7.96. The normalized spacial score (nSPS) is 16.4. The molecule has 1 fully saturated rings. The van der Waals surface area contributed by atoms with Crippen LogP contribution in [0.2, 0.25) is 0 Å². The molecule has 0 atom stereocenters. The van der Waals surface area contributed by atoms with E-state index in [0.717, 1.165) is 44.4 Å². The zero-order chi connectivity index (χ0) is 16.9. The molecule has 1 saturated heterocycles. The van der Waals surface area contributed by atoms with Crippen molar-refractivity contribution in [2.75, 3.05) is 32.7 Å². The molecule has 3 rings (SSSR count). The summed E-state index contributed by atoms with van der Waals surface area (Å²) in [5, 5.41) is 3.80. The Labute approximate surface area is 144 Å². The highest BCUT2D eigenvalue weighted by molar-refractivity contribution is 7.08. The molecule has 0 unspecified atom stereocenters. The predicted molar refractivity (Wildman–Crippen MR) is 91.3 cm³/mol. The van der Waals surface area contributed by atoms with Crippen LogP contribution in [0.15, 0.2) is 35.0 Å². The Morgan fingerprint density at radius 1 is 1.08 bits per heavy atom. The van der Waals surface area contributed by atoms with Crippen molar-refractivity contribution in [3.8, 4) is 0 Å². The highest BCUT2D eigenvalue weighted by atomic mass is 32.1. The van der Waals surface area contributed by atoms with E-state index in [9.17, 15) is 13.6 Å². The van der Waals surface area contributed by atoms with Gasteiger partial charge in [-0.2, -0.15) is 11.3 Å². The van der Waals surface area contributed by atoms with E-state index in [-0.39, 0.29) is 11.6 Å². The van der Waals surface area contributed by atoms with Crippen LogP contribution in [0.5, 0.6) is 0 Å². The minimum atomic E-state index is -0.406. The first-order valence-corrected chi connectivity index (χ1v) is 9.00. The molecule has 0 aliphatic carbocycles. The van der Waals surface area contributed by atoms with E-state index < -0.39 is 5.82 Å². The molecule has 128 valence electrons. The van der Waals surface area contributed by atoms with Gasteiger partial charge in [-0.3, -0.25) is 9.69 Å². The molecule has 1 aromatic heterocycles. The maximum absolute atomic E-state index is 13.7. The van der Waals surface area contributed by atoms with Crippen LogP contribution in [-0.2, 0) is 6.54 Å². The van der Waals surface area contributed by atoms with E-state index in [1.807, 2.05) is 16.8 Å². The van der Waals surface area contributed by atoms with Crippen LogP contribution in [0.3, 0.4) is 0 Å². The summed E-state index contributed by atoms with van der Waals surface area (Å²) >= 11 is 1.53. The lowest BCUT2D eigenvalue weighted by molar-refractivity contribution is 0.0922. The van der Waals surface area contributed by atoms with Crippen molar-refractivity contribution in [2.24, 2.45) is 0 Å². The number of piperazine rings is 1. The fourth-order valence-corrected chi connectivity index (χ4v) is 3.56. The largest absolute Gasteiger partial charge is 0.300 e. The molecule has 0 bridgehead atoms. The number of Topliss-reactive ketones (excluding diaryl/α,β-unsaturated/α-hetero) is 1. The predicted octanol–water partition coefficient (Wildman–Crippen LogP) is 3.42. The first-order chi connectivity index (χ1) is 11.6. The number of carbonyl (C=O) groups excluding carboxylic acids is 1. The van der Waals surface area contributed by atoms with Crippen LogP contribution < -0.4 is 0 Å². The molecule has 1 aliphatic rings. The van der Waals surface area contributed by atoms with E-state index in [0.29, 0.717) is 18.5 Å². The second-order valence-electron chi connectivity index (χ2n) is 6.04. The molecule has 0 radical (unpaired) electrons. The minimum absolute atomic E-state index is 0.181. The van der Waals surface area contributed by atoms with Crippen molar-refractivity contribution in [3.05, 3.63) is 57.8 Å². The topological polar surface area (TPSA) is 23.6 Å². The summed E-state index contributed by atoms with van der Waals surface area (Å²) in [6.45, 7) is 4.44. The van der Waals surface area contributed by atoms with Crippen molar-refractivity contribution in [1.82, 2.24) is 9.80 Å². The Morgan fingerprint density at radius 3 is 2.54 bits per heavy atom. The summed E-state index contributed by atoms with van der Waals surface area (Å²) in [4.78, 5) is 16.4. The molecule has 24 heavy (non-hydrogen) atoms. The van der Waals surface area contributed by atoms with Crippen LogP contribution in [0.4, 0.5) is 8.78 Å². The van der Waals surface area contributed by atoms with Crippen LogP contribution in [-0.4, -0.2) is 48.3 Å². The lowest BCUT2D eigenvalue weighted by Crippen LogP contribution is -2.46. The Bertz CT molecular complexity index is 682. The Balaban J connectivity index is 1.44. The van der Waals surface area contributed by atoms with Crippen LogP contribution >= 0.6 is 11.3 Å². The number of halogens is 2. The smallest absolute Gasteiger partial charge is 0.164 e. The molecule has 0 spiro atoms. The first kappa shape index (κ1) is 17.2. The number of carbonyl (C=O) groups is 1. The monoisotopic (exact) mass is 350 g/mol. The third-order valence-corrected chi connectivity index (χ3v) is 5.05. The molecule has 2 heterocycles. The molecule has 6 heteroatoms. The maximum atomic E-state index is 13.7. The van der Waals surface area contributed by atoms with Gasteiger partial charge in [0.15, 0.2) is 5.78 Å². The van der Waals surface area contributed by atoms with Gasteiger partial charge >= 0.3 is 0 Å². The van der Waals surface area contributed by atoms with Gasteiger partial charge in [0.1, 0.15) is 11.6 Å². The zero-order valence-corrected chi connectivity index (χ0v) is 14.2. The summed E-state index contributed by atoms with van der Waals surface area (Å²) < 4.78 is 26.9. The lowest BCUT2D eigenvalue weighted by Gasteiger charge is -2.34. The van der Waals surface area contributed by atoms with Gasteiger partial charge < -0.3 is 4.90 Å². The average molecular weight is 350 g/mol. The fraction of sp³-hybridized carbons (Fsp3) is 0.389.